The minimum Gasteiger partial charge on any atom is -0.316 e. The Hall–Kier alpha value is -2.84. The highest BCUT2D eigenvalue weighted by Crippen LogP contribution is 2.44. The Labute approximate surface area is 184 Å². The lowest BCUT2D eigenvalue weighted by atomic mass is 9.95. The number of rotatable bonds is 6. The molecule has 4 aromatic heterocycles. The highest BCUT2D eigenvalue weighted by atomic mass is 32.1. The first kappa shape index (κ1) is 18.9. The van der Waals surface area contributed by atoms with Crippen molar-refractivity contribution in [2.75, 3.05) is 5.32 Å². The van der Waals surface area contributed by atoms with Gasteiger partial charge in [0.25, 0.3) is 0 Å². The van der Waals surface area contributed by atoms with Gasteiger partial charge < -0.3 is 10.6 Å². The Bertz CT molecular complexity index is 1230. The smallest absolute Gasteiger partial charge is 0.190 e. The van der Waals surface area contributed by atoms with Crippen molar-refractivity contribution in [1.82, 2.24) is 30.5 Å². The van der Waals surface area contributed by atoms with Gasteiger partial charge in [0.05, 0.1) is 11.9 Å². The van der Waals surface area contributed by atoms with Gasteiger partial charge >= 0.3 is 0 Å². The van der Waals surface area contributed by atoms with E-state index < -0.39 is 0 Å². The van der Waals surface area contributed by atoms with Gasteiger partial charge in [-0.05, 0) is 67.9 Å². The van der Waals surface area contributed by atoms with Gasteiger partial charge in [-0.15, -0.1) is 0 Å². The van der Waals surface area contributed by atoms with Crippen molar-refractivity contribution >= 4 is 32.6 Å². The Morgan fingerprint density at radius 3 is 2.94 bits per heavy atom. The van der Waals surface area contributed by atoms with E-state index in [9.17, 15) is 0 Å². The number of aryl methyl sites for hydroxylation is 1. The van der Waals surface area contributed by atoms with Crippen molar-refractivity contribution in [2.45, 2.75) is 45.2 Å². The van der Waals surface area contributed by atoms with Gasteiger partial charge in [-0.2, -0.15) is 5.10 Å². The molecule has 0 unspecified atom stereocenters. The number of anilines is 2. The van der Waals surface area contributed by atoms with Crippen LogP contribution in [0.25, 0.3) is 21.6 Å². The van der Waals surface area contributed by atoms with Crippen LogP contribution in [0.2, 0.25) is 0 Å². The topological polar surface area (TPSA) is 91.4 Å². The van der Waals surface area contributed by atoms with Crippen LogP contribution in [0.3, 0.4) is 0 Å². The molecule has 4 heterocycles. The lowest BCUT2D eigenvalue weighted by Crippen LogP contribution is -2.33. The molecule has 0 spiro atoms. The Morgan fingerprint density at radius 2 is 2.13 bits per heavy atom. The average Bonchev–Trinajstić information content (AvgIpc) is 3.56. The van der Waals surface area contributed by atoms with Crippen molar-refractivity contribution in [3.8, 4) is 11.3 Å². The van der Waals surface area contributed by atoms with Crippen molar-refractivity contribution in [3.05, 3.63) is 47.9 Å². The van der Waals surface area contributed by atoms with Gasteiger partial charge in [-0.25, -0.2) is 15.0 Å². The van der Waals surface area contributed by atoms with Crippen molar-refractivity contribution in [2.24, 2.45) is 11.8 Å². The monoisotopic (exact) mass is 431 g/mol. The van der Waals surface area contributed by atoms with E-state index >= 15 is 0 Å². The maximum Gasteiger partial charge on any atom is 0.190 e. The maximum absolute atomic E-state index is 4.78. The van der Waals surface area contributed by atoms with Gasteiger partial charge in [0.2, 0.25) is 0 Å². The van der Waals surface area contributed by atoms with Crippen LogP contribution in [0.15, 0.2) is 36.7 Å². The lowest BCUT2D eigenvalue weighted by Gasteiger charge is -2.23. The van der Waals surface area contributed by atoms with Crippen molar-refractivity contribution < 1.29 is 0 Å². The number of nitrogens with zero attached hydrogens (tertiary/aromatic N) is 4. The minimum absolute atomic E-state index is 0.687. The minimum atomic E-state index is 0.687. The SMILES string of the molecule is Cc1[nH]ncc1-c1ccc2nc(Nc3cc(CN[C@@H]4C[C@@H]5CC[C@@H]4C5)ccn3)sc2n1. The number of pyridine rings is 2. The molecule has 6 rings (SSSR count). The number of fused-ring (bicyclic) bond motifs is 3. The molecule has 2 fully saturated rings. The summed E-state index contributed by atoms with van der Waals surface area (Å²) >= 11 is 1.54. The molecule has 158 valence electrons. The summed E-state index contributed by atoms with van der Waals surface area (Å²) < 4.78 is 0. The number of aromatic nitrogens is 5. The molecule has 7 nitrogen and oxygen atoms in total. The third kappa shape index (κ3) is 3.70. The number of aromatic amines is 1. The van der Waals surface area contributed by atoms with Crippen molar-refractivity contribution in [1.29, 1.82) is 0 Å². The molecule has 0 amide bonds. The van der Waals surface area contributed by atoms with Crippen molar-refractivity contribution in [3.63, 3.8) is 0 Å². The van der Waals surface area contributed by atoms with Crippen LogP contribution >= 0.6 is 11.3 Å². The molecule has 0 aliphatic heterocycles. The molecule has 3 N–H and O–H groups in total. The fraction of sp³-hybridized carbons (Fsp3) is 0.391. The first-order valence-electron chi connectivity index (χ1n) is 10.9. The van der Waals surface area contributed by atoms with Gasteiger partial charge in [-0.1, -0.05) is 17.8 Å². The summed E-state index contributed by atoms with van der Waals surface area (Å²) in [6, 6.07) is 8.88. The normalized spacial score (nSPS) is 22.4. The summed E-state index contributed by atoms with van der Waals surface area (Å²) in [6.07, 6.45) is 9.29. The highest BCUT2D eigenvalue weighted by Gasteiger charge is 2.38. The maximum atomic E-state index is 4.78. The zero-order chi connectivity index (χ0) is 20.8. The second kappa shape index (κ2) is 7.69. The van der Waals surface area contributed by atoms with Gasteiger partial charge in [0, 0.05) is 30.0 Å². The molecular formula is C23H25N7S. The van der Waals surface area contributed by atoms with Gasteiger partial charge in [-0.3, -0.25) is 5.10 Å². The van der Waals surface area contributed by atoms with Crippen LogP contribution in [0.4, 0.5) is 10.9 Å². The number of hydrogen-bond donors (Lipinski definition) is 3. The fourth-order valence-electron chi connectivity index (χ4n) is 5.14. The highest BCUT2D eigenvalue weighted by molar-refractivity contribution is 7.21. The first-order valence-corrected chi connectivity index (χ1v) is 11.8. The largest absolute Gasteiger partial charge is 0.316 e. The predicted octanol–water partition coefficient (Wildman–Crippen LogP) is 4.81. The predicted molar refractivity (Wildman–Crippen MR) is 123 cm³/mol. The van der Waals surface area contributed by atoms with E-state index in [-0.39, 0.29) is 0 Å². The molecule has 4 aromatic rings. The molecule has 2 bridgehead atoms. The zero-order valence-electron chi connectivity index (χ0n) is 17.4. The molecule has 2 aliphatic rings. The second-order valence-electron chi connectivity index (χ2n) is 8.79. The van der Waals surface area contributed by atoms with Crippen LogP contribution < -0.4 is 10.6 Å². The molecular weight excluding hydrogens is 406 g/mol. The van der Waals surface area contributed by atoms with E-state index in [2.05, 4.69) is 42.9 Å². The quantitative estimate of drug-likeness (QED) is 0.406. The van der Waals surface area contributed by atoms with Crippen LogP contribution in [-0.4, -0.2) is 31.2 Å². The van der Waals surface area contributed by atoms with E-state index in [0.717, 1.165) is 56.6 Å². The standard InChI is InChI=1S/C23H25N7S/c1-13-17(12-26-30-13)18-4-5-19-22(27-18)31-23(28-19)29-21-10-15(6-7-24-21)11-25-20-9-14-2-3-16(20)8-14/h4-7,10,12,14,16,20,25H,2-3,8-9,11H2,1H3,(H,26,30)(H,24,28,29)/t14-,16-,20-/m1/s1. The van der Waals surface area contributed by atoms with Crippen LogP contribution in [0.1, 0.15) is 36.9 Å². The Morgan fingerprint density at radius 1 is 1.16 bits per heavy atom. The second-order valence-corrected chi connectivity index (χ2v) is 9.76. The molecule has 31 heavy (non-hydrogen) atoms. The first-order chi connectivity index (χ1) is 15.2. The molecule has 2 saturated carbocycles. The van der Waals surface area contributed by atoms with E-state index in [4.69, 9.17) is 4.98 Å². The summed E-state index contributed by atoms with van der Waals surface area (Å²) in [7, 11) is 0. The number of nitrogens with one attached hydrogen (secondary N) is 3. The Balaban J connectivity index is 1.16. The van der Waals surface area contributed by atoms with Crippen LogP contribution in [-0.2, 0) is 6.54 Å². The molecule has 3 atom stereocenters. The summed E-state index contributed by atoms with van der Waals surface area (Å²) in [6.45, 7) is 2.89. The third-order valence-corrected chi connectivity index (χ3v) is 7.61. The summed E-state index contributed by atoms with van der Waals surface area (Å²) in [5, 5.41) is 15.0. The van der Waals surface area contributed by atoms with Gasteiger partial charge in [0.1, 0.15) is 16.2 Å². The van der Waals surface area contributed by atoms with E-state index in [1.165, 1.54) is 42.6 Å². The average molecular weight is 432 g/mol. The van der Waals surface area contributed by atoms with Crippen LogP contribution in [0, 0.1) is 18.8 Å². The fourth-order valence-corrected chi connectivity index (χ4v) is 5.98. The van der Waals surface area contributed by atoms with E-state index in [1.807, 2.05) is 31.5 Å². The lowest BCUT2D eigenvalue weighted by molar-refractivity contribution is 0.350. The van der Waals surface area contributed by atoms with E-state index in [1.54, 1.807) is 0 Å². The van der Waals surface area contributed by atoms with Crippen LogP contribution in [0.5, 0.6) is 0 Å². The molecule has 0 saturated heterocycles. The zero-order valence-corrected chi connectivity index (χ0v) is 18.2. The molecule has 2 aliphatic carbocycles. The Kier molecular flexibility index (Phi) is 4.69. The molecule has 8 heteroatoms. The molecule has 0 aromatic carbocycles. The number of thiazole rings is 1. The van der Waals surface area contributed by atoms with E-state index in [0.29, 0.717) is 6.04 Å². The summed E-state index contributed by atoms with van der Waals surface area (Å²) in [4.78, 5) is 14.8. The summed E-state index contributed by atoms with van der Waals surface area (Å²) in [5.41, 5.74) is 5.06. The number of H-pyrrole nitrogens is 1. The number of hydrogen-bond acceptors (Lipinski definition) is 7. The van der Waals surface area contributed by atoms with Gasteiger partial charge in [0.15, 0.2) is 5.13 Å². The summed E-state index contributed by atoms with van der Waals surface area (Å²) in [5.74, 6) is 2.66. The third-order valence-electron chi connectivity index (χ3n) is 6.73. The molecule has 0 radical (unpaired) electrons.